The largest absolute Gasteiger partial charge is 0.495 e. The molecule has 2 aromatic heterocycles. The quantitative estimate of drug-likeness (QED) is 0.459. The van der Waals surface area contributed by atoms with Crippen LogP contribution in [-0.4, -0.2) is 22.6 Å². The minimum absolute atomic E-state index is 0.164. The lowest BCUT2D eigenvalue weighted by atomic mass is 10.1. The number of hydrogen-bond acceptors (Lipinski definition) is 5. The molecule has 31 heavy (non-hydrogen) atoms. The van der Waals surface area contributed by atoms with Gasteiger partial charge in [0.25, 0.3) is 5.56 Å². The number of anilines is 1. The van der Waals surface area contributed by atoms with E-state index in [0.29, 0.717) is 26.7 Å². The molecule has 0 atom stereocenters. The predicted octanol–water partition coefficient (Wildman–Crippen LogP) is 5.04. The first-order valence-corrected chi connectivity index (χ1v) is 10.8. The van der Waals surface area contributed by atoms with Gasteiger partial charge in [-0.15, -0.1) is 11.3 Å². The molecule has 0 spiro atoms. The number of benzene rings is 2. The van der Waals surface area contributed by atoms with Gasteiger partial charge in [-0.05, 0) is 36.6 Å². The van der Waals surface area contributed by atoms with Gasteiger partial charge in [0.15, 0.2) is 0 Å². The van der Waals surface area contributed by atoms with Gasteiger partial charge in [-0.3, -0.25) is 14.2 Å². The fraction of sp³-hybridized carbons (Fsp3) is 0.174. The van der Waals surface area contributed by atoms with E-state index in [0.717, 1.165) is 21.6 Å². The van der Waals surface area contributed by atoms with Crippen LogP contribution in [0, 0.1) is 13.8 Å². The Morgan fingerprint density at radius 2 is 1.97 bits per heavy atom. The van der Waals surface area contributed by atoms with Gasteiger partial charge >= 0.3 is 0 Å². The summed E-state index contributed by atoms with van der Waals surface area (Å²) in [6.07, 6.45) is 1.42. The minimum Gasteiger partial charge on any atom is -0.495 e. The van der Waals surface area contributed by atoms with E-state index in [1.807, 2.05) is 44.2 Å². The molecule has 0 aliphatic carbocycles. The summed E-state index contributed by atoms with van der Waals surface area (Å²) in [5, 5.41) is 3.88. The number of aromatic nitrogens is 2. The van der Waals surface area contributed by atoms with E-state index in [9.17, 15) is 9.59 Å². The third-order valence-electron chi connectivity index (χ3n) is 5.02. The van der Waals surface area contributed by atoms with Crippen LogP contribution in [0.2, 0.25) is 5.02 Å². The van der Waals surface area contributed by atoms with E-state index in [2.05, 4.69) is 10.3 Å². The van der Waals surface area contributed by atoms with Crippen molar-refractivity contribution in [2.75, 3.05) is 12.4 Å². The summed E-state index contributed by atoms with van der Waals surface area (Å²) in [6.45, 7) is 3.59. The van der Waals surface area contributed by atoms with Gasteiger partial charge in [-0.25, -0.2) is 4.98 Å². The molecule has 2 heterocycles. The third-order valence-corrected chi connectivity index (χ3v) is 6.68. The number of ether oxygens (including phenoxy) is 1. The molecule has 0 saturated heterocycles. The van der Waals surface area contributed by atoms with E-state index in [4.69, 9.17) is 16.3 Å². The lowest BCUT2D eigenvalue weighted by Gasteiger charge is -2.13. The third kappa shape index (κ3) is 4.06. The zero-order valence-electron chi connectivity index (χ0n) is 17.2. The average Bonchev–Trinajstić information content (AvgIpc) is 3.10. The maximum Gasteiger partial charge on any atom is 0.262 e. The molecule has 8 heteroatoms. The SMILES string of the molecule is COc1cc(Cl)c(C)cc1NC(=O)Cn1cnc2sc(-c3ccccc3)c(C)c2c1=O. The van der Waals surface area contributed by atoms with Gasteiger partial charge in [-0.2, -0.15) is 0 Å². The summed E-state index contributed by atoms with van der Waals surface area (Å²) in [6, 6.07) is 13.3. The Morgan fingerprint density at radius 3 is 2.68 bits per heavy atom. The summed E-state index contributed by atoms with van der Waals surface area (Å²) in [5.74, 6) is 0.0884. The maximum atomic E-state index is 13.1. The zero-order chi connectivity index (χ0) is 22.1. The van der Waals surface area contributed by atoms with Gasteiger partial charge in [0.2, 0.25) is 5.91 Å². The number of carbonyl (C=O) groups is 1. The van der Waals surface area contributed by atoms with Crippen molar-refractivity contribution in [3.05, 3.63) is 75.3 Å². The van der Waals surface area contributed by atoms with E-state index < -0.39 is 0 Å². The standard InChI is InChI=1S/C23H20ClN3O3S/c1-13-9-17(18(30-3)10-16(13)24)26-19(28)11-27-12-25-22-20(23(27)29)14(2)21(31-22)15-7-5-4-6-8-15/h4-10,12H,11H2,1-3H3,(H,26,28). The average molecular weight is 454 g/mol. The van der Waals surface area contributed by atoms with Crippen molar-refractivity contribution in [2.45, 2.75) is 20.4 Å². The van der Waals surface area contributed by atoms with Crippen molar-refractivity contribution in [2.24, 2.45) is 0 Å². The van der Waals surface area contributed by atoms with E-state index in [1.54, 1.807) is 12.1 Å². The molecule has 0 bridgehead atoms. The molecule has 2 aromatic carbocycles. The molecular formula is C23H20ClN3O3S. The van der Waals surface area contributed by atoms with Crippen LogP contribution >= 0.6 is 22.9 Å². The van der Waals surface area contributed by atoms with Crippen LogP contribution in [0.4, 0.5) is 5.69 Å². The number of carbonyl (C=O) groups excluding carboxylic acids is 1. The van der Waals surface area contributed by atoms with Crippen LogP contribution < -0.4 is 15.6 Å². The Hall–Kier alpha value is -3.16. The normalized spacial score (nSPS) is 11.0. The summed E-state index contributed by atoms with van der Waals surface area (Å²) < 4.78 is 6.62. The summed E-state index contributed by atoms with van der Waals surface area (Å²) >= 11 is 7.60. The molecule has 4 aromatic rings. The van der Waals surface area contributed by atoms with Crippen molar-refractivity contribution in [3.8, 4) is 16.2 Å². The van der Waals surface area contributed by atoms with Crippen LogP contribution in [-0.2, 0) is 11.3 Å². The molecule has 6 nitrogen and oxygen atoms in total. The second-order valence-electron chi connectivity index (χ2n) is 7.13. The highest BCUT2D eigenvalue weighted by Crippen LogP contribution is 2.35. The molecule has 0 fully saturated rings. The second kappa shape index (κ2) is 8.53. The van der Waals surface area contributed by atoms with Crippen molar-refractivity contribution in [1.82, 2.24) is 9.55 Å². The first-order chi connectivity index (χ1) is 14.9. The molecule has 4 rings (SSSR count). The summed E-state index contributed by atoms with van der Waals surface area (Å²) in [5.41, 5.74) is 2.97. The summed E-state index contributed by atoms with van der Waals surface area (Å²) in [4.78, 5) is 31.9. The number of nitrogens with zero attached hydrogens (tertiary/aromatic N) is 2. The Bertz CT molecular complexity index is 1350. The van der Waals surface area contributed by atoms with Crippen molar-refractivity contribution >= 4 is 44.7 Å². The van der Waals surface area contributed by atoms with Crippen molar-refractivity contribution in [1.29, 1.82) is 0 Å². The molecule has 0 unspecified atom stereocenters. The van der Waals surface area contributed by atoms with Crippen molar-refractivity contribution < 1.29 is 9.53 Å². The Balaban J connectivity index is 1.64. The predicted molar refractivity (Wildman–Crippen MR) is 125 cm³/mol. The molecule has 0 saturated carbocycles. The number of rotatable bonds is 5. The first-order valence-electron chi connectivity index (χ1n) is 9.57. The van der Waals surface area contributed by atoms with Crippen LogP contribution in [0.25, 0.3) is 20.7 Å². The minimum atomic E-state index is -0.362. The fourth-order valence-corrected chi connectivity index (χ4v) is 4.71. The topological polar surface area (TPSA) is 73.2 Å². The van der Waals surface area contributed by atoms with Crippen molar-refractivity contribution in [3.63, 3.8) is 0 Å². The van der Waals surface area contributed by atoms with Crippen LogP contribution in [0.5, 0.6) is 5.75 Å². The van der Waals surface area contributed by atoms with Gasteiger partial charge < -0.3 is 10.1 Å². The second-order valence-corrected chi connectivity index (χ2v) is 8.54. The van der Waals surface area contributed by atoms with E-state index in [-0.39, 0.29) is 18.0 Å². The number of fused-ring (bicyclic) bond motifs is 1. The highest BCUT2D eigenvalue weighted by atomic mass is 35.5. The Kier molecular flexibility index (Phi) is 5.80. The molecule has 0 aliphatic heterocycles. The maximum absolute atomic E-state index is 13.1. The Morgan fingerprint density at radius 1 is 1.23 bits per heavy atom. The molecule has 1 N–H and O–H groups in total. The van der Waals surface area contributed by atoms with Crippen LogP contribution in [0.1, 0.15) is 11.1 Å². The molecule has 158 valence electrons. The number of aryl methyl sites for hydroxylation is 2. The molecular weight excluding hydrogens is 434 g/mol. The van der Waals surface area contributed by atoms with Gasteiger partial charge in [0.05, 0.1) is 24.5 Å². The van der Waals surface area contributed by atoms with E-state index in [1.165, 1.54) is 29.3 Å². The number of amides is 1. The molecule has 0 aliphatic rings. The Labute approximate surface area is 188 Å². The van der Waals surface area contributed by atoms with Gasteiger partial charge in [-0.1, -0.05) is 41.9 Å². The number of methoxy groups -OCH3 is 1. The monoisotopic (exact) mass is 453 g/mol. The highest BCUT2D eigenvalue weighted by molar-refractivity contribution is 7.22. The number of halogens is 1. The van der Waals surface area contributed by atoms with Crippen LogP contribution in [0.3, 0.4) is 0 Å². The van der Waals surface area contributed by atoms with Crippen LogP contribution in [0.15, 0.2) is 53.6 Å². The van der Waals surface area contributed by atoms with Gasteiger partial charge in [0, 0.05) is 16.0 Å². The van der Waals surface area contributed by atoms with E-state index >= 15 is 0 Å². The highest BCUT2D eigenvalue weighted by Gasteiger charge is 2.17. The lowest BCUT2D eigenvalue weighted by molar-refractivity contribution is -0.116. The number of thiophene rings is 1. The summed E-state index contributed by atoms with van der Waals surface area (Å²) in [7, 11) is 1.50. The number of hydrogen-bond donors (Lipinski definition) is 1. The first kappa shape index (κ1) is 21.1. The zero-order valence-corrected chi connectivity index (χ0v) is 18.8. The smallest absolute Gasteiger partial charge is 0.262 e. The number of nitrogens with one attached hydrogen (secondary N) is 1. The lowest BCUT2D eigenvalue weighted by Crippen LogP contribution is -2.28. The fourth-order valence-electron chi connectivity index (χ4n) is 3.41. The molecule has 0 radical (unpaired) electrons. The van der Waals surface area contributed by atoms with Gasteiger partial charge in [0.1, 0.15) is 17.1 Å². The molecule has 1 amide bonds.